The highest BCUT2D eigenvalue weighted by atomic mass is 16.6. The van der Waals surface area contributed by atoms with Gasteiger partial charge < -0.3 is 14.7 Å². The van der Waals surface area contributed by atoms with E-state index in [-0.39, 0.29) is 24.1 Å². The molecule has 102 valence electrons. The maximum absolute atomic E-state index is 12.1. The number of hydrogen-bond acceptors (Lipinski definition) is 3. The Morgan fingerprint density at radius 3 is 2.06 bits per heavy atom. The van der Waals surface area contributed by atoms with Crippen LogP contribution in [0.2, 0.25) is 0 Å². The second kappa shape index (κ2) is 4.44. The molecule has 5 heteroatoms. The van der Waals surface area contributed by atoms with E-state index in [1.165, 1.54) is 0 Å². The van der Waals surface area contributed by atoms with Crippen molar-refractivity contribution in [3.05, 3.63) is 0 Å². The van der Waals surface area contributed by atoms with E-state index in [1.54, 1.807) is 4.90 Å². The molecular formula is C13H21NO4. The van der Waals surface area contributed by atoms with Gasteiger partial charge in [-0.1, -0.05) is 0 Å². The van der Waals surface area contributed by atoms with Gasteiger partial charge in [-0.2, -0.15) is 0 Å². The van der Waals surface area contributed by atoms with Crippen LogP contribution in [0.25, 0.3) is 0 Å². The number of carboxylic acid groups (broad SMARTS) is 1. The lowest BCUT2D eigenvalue weighted by Gasteiger charge is -2.38. The van der Waals surface area contributed by atoms with E-state index >= 15 is 0 Å². The van der Waals surface area contributed by atoms with Crippen LogP contribution in [0.4, 0.5) is 4.79 Å². The SMILES string of the molecule is CC(C)(C)OC(=O)N1[C@@H]2CC[C@H]1C[C@@H](C(=O)O)C2. The van der Waals surface area contributed by atoms with Crippen molar-refractivity contribution in [1.29, 1.82) is 0 Å². The summed E-state index contributed by atoms with van der Waals surface area (Å²) in [5.74, 6) is -1.04. The summed E-state index contributed by atoms with van der Waals surface area (Å²) in [6.07, 6.45) is 2.62. The highest BCUT2D eigenvalue weighted by Crippen LogP contribution is 2.39. The zero-order valence-electron chi connectivity index (χ0n) is 11.2. The lowest BCUT2D eigenvalue weighted by Crippen LogP contribution is -2.49. The summed E-state index contributed by atoms with van der Waals surface area (Å²) in [5, 5.41) is 9.08. The van der Waals surface area contributed by atoms with E-state index in [2.05, 4.69) is 0 Å². The third-order valence-corrected chi connectivity index (χ3v) is 3.69. The molecule has 0 saturated carbocycles. The van der Waals surface area contributed by atoms with Crippen LogP contribution in [-0.4, -0.2) is 39.8 Å². The fourth-order valence-corrected chi connectivity index (χ4v) is 2.99. The maximum Gasteiger partial charge on any atom is 0.410 e. The highest BCUT2D eigenvalue weighted by molar-refractivity contribution is 5.73. The lowest BCUT2D eigenvalue weighted by molar-refractivity contribution is -0.144. The van der Waals surface area contributed by atoms with E-state index in [4.69, 9.17) is 9.84 Å². The minimum absolute atomic E-state index is 0.0414. The van der Waals surface area contributed by atoms with Crippen LogP contribution in [0.1, 0.15) is 46.5 Å². The summed E-state index contributed by atoms with van der Waals surface area (Å²) in [4.78, 5) is 24.9. The number of rotatable bonds is 1. The molecule has 0 aliphatic carbocycles. The quantitative estimate of drug-likeness (QED) is 0.780. The van der Waals surface area contributed by atoms with Crippen molar-refractivity contribution in [1.82, 2.24) is 4.90 Å². The molecule has 0 radical (unpaired) electrons. The first-order chi connectivity index (χ1) is 8.28. The summed E-state index contributed by atoms with van der Waals surface area (Å²) >= 11 is 0. The van der Waals surface area contributed by atoms with Gasteiger partial charge in [-0.05, 0) is 46.5 Å². The van der Waals surface area contributed by atoms with Gasteiger partial charge in [0.1, 0.15) is 5.60 Å². The zero-order chi connectivity index (χ0) is 13.5. The van der Waals surface area contributed by atoms with Gasteiger partial charge in [-0.3, -0.25) is 4.79 Å². The molecule has 0 aromatic rings. The van der Waals surface area contributed by atoms with E-state index in [0.717, 1.165) is 12.8 Å². The number of carbonyl (C=O) groups excluding carboxylic acids is 1. The van der Waals surface area contributed by atoms with Crippen molar-refractivity contribution >= 4 is 12.1 Å². The number of hydrogen-bond donors (Lipinski definition) is 1. The predicted molar refractivity (Wildman–Crippen MR) is 65.2 cm³/mol. The summed E-state index contributed by atoms with van der Waals surface area (Å²) in [5.41, 5.74) is -0.500. The third-order valence-electron chi connectivity index (χ3n) is 3.69. The van der Waals surface area contributed by atoms with Crippen molar-refractivity contribution in [2.45, 2.75) is 64.1 Å². The third kappa shape index (κ3) is 2.60. The maximum atomic E-state index is 12.1. The van der Waals surface area contributed by atoms with Crippen molar-refractivity contribution in [3.63, 3.8) is 0 Å². The Hall–Kier alpha value is -1.26. The molecule has 1 N–H and O–H groups in total. The van der Waals surface area contributed by atoms with Gasteiger partial charge in [0.25, 0.3) is 0 Å². The second-order valence-electron chi connectivity index (χ2n) is 6.28. The molecule has 0 unspecified atom stereocenters. The molecule has 2 aliphatic heterocycles. The summed E-state index contributed by atoms with van der Waals surface area (Å²) in [7, 11) is 0. The van der Waals surface area contributed by atoms with Crippen LogP contribution in [-0.2, 0) is 9.53 Å². The first-order valence-corrected chi connectivity index (χ1v) is 6.52. The van der Waals surface area contributed by atoms with Crippen LogP contribution < -0.4 is 0 Å². The molecule has 1 amide bonds. The normalized spacial score (nSPS) is 31.3. The standard InChI is InChI=1S/C13H21NO4/c1-13(2,3)18-12(17)14-9-4-5-10(14)7-8(6-9)11(15)16/h8-10H,4-7H2,1-3H3,(H,15,16)/t8-,9+,10-. The van der Waals surface area contributed by atoms with E-state index in [9.17, 15) is 9.59 Å². The first-order valence-electron chi connectivity index (χ1n) is 6.52. The van der Waals surface area contributed by atoms with E-state index in [1.807, 2.05) is 20.8 Å². The number of carbonyl (C=O) groups is 2. The average molecular weight is 255 g/mol. The van der Waals surface area contributed by atoms with Crippen LogP contribution in [0.3, 0.4) is 0 Å². The monoisotopic (exact) mass is 255 g/mol. The van der Waals surface area contributed by atoms with Gasteiger partial charge in [0, 0.05) is 12.1 Å². The molecule has 2 heterocycles. The van der Waals surface area contributed by atoms with Gasteiger partial charge in [-0.15, -0.1) is 0 Å². The Morgan fingerprint density at radius 1 is 1.17 bits per heavy atom. The topological polar surface area (TPSA) is 66.8 Å². The summed E-state index contributed by atoms with van der Waals surface area (Å²) in [6, 6.07) is 0.0828. The molecule has 0 aromatic carbocycles. The van der Waals surface area contributed by atoms with Crippen LogP contribution in [0, 0.1) is 5.92 Å². The Morgan fingerprint density at radius 2 is 1.67 bits per heavy atom. The molecule has 3 atom stereocenters. The molecule has 2 rings (SSSR count). The van der Waals surface area contributed by atoms with Gasteiger partial charge in [0.2, 0.25) is 0 Å². The zero-order valence-corrected chi connectivity index (χ0v) is 11.2. The van der Waals surface area contributed by atoms with Crippen LogP contribution >= 0.6 is 0 Å². The number of carboxylic acids is 1. The molecule has 0 aromatic heterocycles. The Kier molecular flexibility index (Phi) is 3.25. The van der Waals surface area contributed by atoms with Gasteiger partial charge in [0.15, 0.2) is 0 Å². The molecule has 2 fully saturated rings. The number of ether oxygens (including phenoxy) is 1. The molecule has 18 heavy (non-hydrogen) atoms. The van der Waals surface area contributed by atoms with Crippen molar-refractivity contribution in [2.24, 2.45) is 5.92 Å². The average Bonchev–Trinajstić information content (AvgIpc) is 2.47. The fraction of sp³-hybridized carbons (Fsp3) is 0.846. The predicted octanol–water partition coefficient (Wildman–Crippen LogP) is 2.25. The van der Waals surface area contributed by atoms with Gasteiger partial charge >= 0.3 is 12.1 Å². The number of nitrogens with zero attached hydrogens (tertiary/aromatic N) is 1. The number of piperidine rings is 1. The van der Waals surface area contributed by atoms with E-state index in [0.29, 0.717) is 12.8 Å². The van der Waals surface area contributed by atoms with Crippen molar-refractivity contribution in [3.8, 4) is 0 Å². The summed E-state index contributed by atoms with van der Waals surface area (Å²) < 4.78 is 5.39. The van der Waals surface area contributed by atoms with E-state index < -0.39 is 11.6 Å². The summed E-state index contributed by atoms with van der Waals surface area (Å²) in [6.45, 7) is 5.53. The van der Waals surface area contributed by atoms with Crippen molar-refractivity contribution in [2.75, 3.05) is 0 Å². The van der Waals surface area contributed by atoms with Gasteiger partial charge in [-0.25, -0.2) is 4.79 Å². The Balaban J connectivity index is 2.05. The smallest absolute Gasteiger partial charge is 0.410 e. The van der Waals surface area contributed by atoms with Crippen molar-refractivity contribution < 1.29 is 19.4 Å². The first kappa shape index (κ1) is 13.2. The molecule has 0 spiro atoms. The fourth-order valence-electron chi connectivity index (χ4n) is 2.99. The lowest BCUT2D eigenvalue weighted by atomic mass is 9.91. The highest BCUT2D eigenvalue weighted by Gasteiger charge is 2.46. The second-order valence-corrected chi connectivity index (χ2v) is 6.28. The minimum atomic E-state index is -0.740. The van der Waals surface area contributed by atoms with Crippen LogP contribution in [0.15, 0.2) is 0 Å². The van der Waals surface area contributed by atoms with Crippen LogP contribution in [0.5, 0.6) is 0 Å². The molecule has 2 aliphatic rings. The number of amides is 1. The Bertz CT molecular complexity index is 346. The Labute approximate surface area is 107 Å². The molecular weight excluding hydrogens is 234 g/mol. The van der Waals surface area contributed by atoms with Gasteiger partial charge in [0.05, 0.1) is 5.92 Å². The number of fused-ring (bicyclic) bond motifs is 2. The number of aliphatic carboxylic acids is 1. The molecule has 2 saturated heterocycles. The largest absolute Gasteiger partial charge is 0.481 e. The minimum Gasteiger partial charge on any atom is -0.481 e. The molecule has 2 bridgehead atoms. The molecule has 5 nitrogen and oxygen atoms in total.